The summed E-state index contributed by atoms with van der Waals surface area (Å²) in [5.74, 6) is 0.456. The highest BCUT2D eigenvalue weighted by molar-refractivity contribution is 5.93. The summed E-state index contributed by atoms with van der Waals surface area (Å²) in [5.41, 5.74) is 3.12. The highest BCUT2D eigenvalue weighted by atomic mass is 19.1. The molecule has 0 bridgehead atoms. The Morgan fingerprint density at radius 3 is 3.12 bits per heavy atom. The molecule has 130 valence electrons. The van der Waals surface area contributed by atoms with Gasteiger partial charge in [-0.3, -0.25) is 0 Å². The third-order valence-corrected chi connectivity index (χ3v) is 5.27. The number of rotatable bonds is 3. The molecule has 2 aliphatic rings. The van der Waals surface area contributed by atoms with Crippen LogP contribution in [0.3, 0.4) is 0 Å². The molecule has 0 spiro atoms. The molecular formula is C18H25FN4O. The molecule has 5 nitrogen and oxygen atoms in total. The van der Waals surface area contributed by atoms with Gasteiger partial charge >= 0.3 is 0 Å². The average molecular weight is 332 g/mol. The standard InChI is InChI=1S/C18H25FN4O/c1-11-8-12(4-7-24-11)13-9-22-18-17(13)15(3-6-21-18)23-16-10-20-5-2-14(16)19/h3,6,9,11-12,14,16,20H,2,4-5,7-8,10H2,1H3,(H2,21,22,23)/t11-,12-,14-,16+/m1/s1. The number of pyridine rings is 1. The van der Waals surface area contributed by atoms with Crippen LogP contribution in [0.15, 0.2) is 18.5 Å². The van der Waals surface area contributed by atoms with E-state index in [9.17, 15) is 4.39 Å². The molecule has 0 saturated carbocycles. The summed E-state index contributed by atoms with van der Waals surface area (Å²) in [6, 6.07) is 1.77. The third-order valence-electron chi connectivity index (χ3n) is 5.27. The van der Waals surface area contributed by atoms with Crippen molar-refractivity contribution in [3.05, 3.63) is 24.0 Å². The quantitative estimate of drug-likeness (QED) is 0.809. The topological polar surface area (TPSA) is 62.0 Å². The predicted molar refractivity (Wildman–Crippen MR) is 93.3 cm³/mol. The van der Waals surface area contributed by atoms with Gasteiger partial charge in [0.25, 0.3) is 0 Å². The van der Waals surface area contributed by atoms with Crippen molar-refractivity contribution < 1.29 is 9.13 Å². The maximum Gasteiger partial charge on any atom is 0.139 e. The number of hydrogen-bond donors (Lipinski definition) is 3. The lowest BCUT2D eigenvalue weighted by Gasteiger charge is -2.30. The van der Waals surface area contributed by atoms with E-state index >= 15 is 0 Å². The molecule has 2 aliphatic heterocycles. The molecule has 6 heteroatoms. The van der Waals surface area contributed by atoms with E-state index in [1.165, 1.54) is 5.56 Å². The fraction of sp³-hybridized carbons (Fsp3) is 0.611. The molecule has 0 radical (unpaired) electrons. The first-order valence-corrected chi connectivity index (χ1v) is 8.91. The largest absolute Gasteiger partial charge is 0.378 e. The Hall–Kier alpha value is -1.66. The number of aromatic nitrogens is 2. The van der Waals surface area contributed by atoms with Crippen molar-refractivity contribution in [2.24, 2.45) is 0 Å². The van der Waals surface area contributed by atoms with Gasteiger partial charge in [0.05, 0.1) is 12.1 Å². The van der Waals surface area contributed by atoms with Crippen molar-refractivity contribution >= 4 is 16.7 Å². The van der Waals surface area contributed by atoms with Gasteiger partial charge in [0.2, 0.25) is 0 Å². The molecule has 2 fully saturated rings. The van der Waals surface area contributed by atoms with E-state index in [0.717, 1.165) is 42.7 Å². The van der Waals surface area contributed by atoms with Gasteiger partial charge in [-0.05, 0) is 50.3 Å². The van der Waals surface area contributed by atoms with Gasteiger partial charge in [-0.1, -0.05) is 0 Å². The van der Waals surface area contributed by atoms with Gasteiger partial charge in [-0.2, -0.15) is 0 Å². The number of nitrogens with zero attached hydrogens (tertiary/aromatic N) is 1. The van der Waals surface area contributed by atoms with Crippen LogP contribution in [0, 0.1) is 0 Å². The lowest BCUT2D eigenvalue weighted by Crippen LogP contribution is -2.46. The average Bonchev–Trinajstić information content (AvgIpc) is 3.02. The van der Waals surface area contributed by atoms with E-state index in [4.69, 9.17) is 4.74 Å². The Labute approximate surface area is 141 Å². The molecule has 3 N–H and O–H groups in total. The smallest absolute Gasteiger partial charge is 0.139 e. The van der Waals surface area contributed by atoms with E-state index in [-0.39, 0.29) is 12.1 Å². The van der Waals surface area contributed by atoms with Crippen LogP contribution in [-0.4, -0.2) is 48.0 Å². The van der Waals surface area contributed by atoms with E-state index in [2.05, 4.69) is 33.7 Å². The van der Waals surface area contributed by atoms with Crippen molar-refractivity contribution in [3.63, 3.8) is 0 Å². The molecule has 0 aromatic carbocycles. The van der Waals surface area contributed by atoms with E-state index in [1.807, 2.05) is 6.07 Å². The lowest BCUT2D eigenvalue weighted by atomic mass is 9.88. The van der Waals surface area contributed by atoms with E-state index in [1.54, 1.807) is 6.20 Å². The second kappa shape index (κ2) is 6.69. The SMILES string of the molecule is C[C@@H]1C[C@H](c2c[nH]c3nccc(N[C@H]4CNCC[C@H]4F)c23)CCO1. The molecule has 24 heavy (non-hydrogen) atoms. The molecular weight excluding hydrogens is 307 g/mol. The summed E-state index contributed by atoms with van der Waals surface area (Å²) in [7, 11) is 0. The minimum absolute atomic E-state index is 0.194. The van der Waals surface area contributed by atoms with Crippen molar-refractivity contribution in [3.8, 4) is 0 Å². The molecule has 0 unspecified atom stereocenters. The molecule has 0 aliphatic carbocycles. The summed E-state index contributed by atoms with van der Waals surface area (Å²) in [4.78, 5) is 7.74. The van der Waals surface area contributed by atoms with Crippen LogP contribution in [0.5, 0.6) is 0 Å². The van der Waals surface area contributed by atoms with Gasteiger partial charge in [0.15, 0.2) is 0 Å². The predicted octanol–water partition coefficient (Wildman–Crippen LogP) is 2.96. The van der Waals surface area contributed by atoms with Crippen LogP contribution in [0.2, 0.25) is 0 Å². The molecule has 2 aromatic heterocycles. The Morgan fingerprint density at radius 1 is 1.38 bits per heavy atom. The van der Waals surface area contributed by atoms with Crippen LogP contribution in [0.1, 0.15) is 37.7 Å². The number of piperidine rings is 1. The number of alkyl halides is 1. The van der Waals surface area contributed by atoms with Crippen LogP contribution >= 0.6 is 0 Å². The van der Waals surface area contributed by atoms with Crippen LogP contribution in [0.4, 0.5) is 10.1 Å². The first-order valence-electron chi connectivity index (χ1n) is 8.91. The van der Waals surface area contributed by atoms with Crippen LogP contribution in [-0.2, 0) is 4.74 Å². The lowest BCUT2D eigenvalue weighted by molar-refractivity contribution is 0.0189. The highest BCUT2D eigenvalue weighted by Gasteiger charge is 2.27. The number of nitrogens with one attached hydrogen (secondary N) is 3. The van der Waals surface area contributed by atoms with E-state index in [0.29, 0.717) is 18.9 Å². The number of hydrogen-bond acceptors (Lipinski definition) is 4. The van der Waals surface area contributed by atoms with Gasteiger partial charge in [-0.15, -0.1) is 0 Å². The minimum Gasteiger partial charge on any atom is -0.378 e. The zero-order chi connectivity index (χ0) is 16.5. The second-order valence-corrected chi connectivity index (χ2v) is 6.99. The second-order valence-electron chi connectivity index (χ2n) is 6.99. The number of fused-ring (bicyclic) bond motifs is 1. The molecule has 4 rings (SSSR count). The Kier molecular flexibility index (Phi) is 4.41. The van der Waals surface area contributed by atoms with Gasteiger partial charge in [0, 0.05) is 36.6 Å². The Bertz CT molecular complexity index is 703. The number of anilines is 1. The summed E-state index contributed by atoms with van der Waals surface area (Å²) < 4.78 is 19.9. The number of ether oxygens (including phenoxy) is 1. The highest BCUT2D eigenvalue weighted by Crippen LogP contribution is 2.37. The first-order chi connectivity index (χ1) is 11.7. The Balaban J connectivity index is 1.66. The Morgan fingerprint density at radius 2 is 2.29 bits per heavy atom. The van der Waals surface area contributed by atoms with Crippen LogP contribution in [0.25, 0.3) is 11.0 Å². The maximum absolute atomic E-state index is 14.2. The number of H-pyrrole nitrogens is 1. The summed E-state index contributed by atoms with van der Waals surface area (Å²) in [5, 5.41) is 7.80. The number of halogens is 1. The zero-order valence-corrected chi connectivity index (χ0v) is 14.0. The van der Waals surface area contributed by atoms with Gasteiger partial charge in [-0.25, -0.2) is 9.37 Å². The monoisotopic (exact) mass is 332 g/mol. The fourth-order valence-corrected chi connectivity index (χ4v) is 3.97. The molecule has 4 atom stereocenters. The maximum atomic E-state index is 14.2. The summed E-state index contributed by atoms with van der Waals surface area (Å²) in [6.45, 7) is 4.32. The molecule has 2 saturated heterocycles. The van der Waals surface area contributed by atoms with Crippen LogP contribution < -0.4 is 10.6 Å². The van der Waals surface area contributed by atoms with Gasteiger partial charge in [0.1, 0.15) is 11.8 Å². The zero-order valence-electron chi connectivity index (χ0n) is 14.0. The van der Waals surface area contributed by atoms with E-state index < -0.39 is 6.17 Å². The fourth-order valence-electron chi connectivity index (χ4n) is 3.97. The number of aromatic amines is 1. The molecule has 0 amide bonds. The minimum atomic E-state index is -0.819. The van der Waals surface area contributed by atoms with Gasteiger partial charge < -0.3 is 20.4 Å². The van der Waals surface area contributed by atoms with Crippen molar-refractivity contribution in [2.75, 3.05) is 25.0 Å². The molecule has 4 heterocycles. The van der Waals surface area contributed by atoms with Crippen molar-refractivity contribution in [1.29, 1.82) is 0 Å². The first kappa shape index (κ1) is 15.8. The molecule has 2 aromatic rings. The normalized spacial score (nSPS) is 31.2. The van der Waals surface area contributed by atoms with Crippen molar-refractivity contribution in [2.45, 2.75) is 50.4 Å². The summed E-state index contributed by atoms with van der Waals surface area (Å²) >= 11 is 0. The van der Waals surface area contributed by atoms with Crippen molar-refractivity contribution in [1.82, 2.24) is 15.3 Å². The summed E-state index contributed by atoms with van der Waals surface area (Å²) in [6.07, 6.45) is 5.89. The third kappa shape index (κ3) is 3.00.